The van der Waals surface area contributed by atoms with E-state index in [1.54, 1.807) is 24.3 Å². The van der Waals surface area contributed by atoms with Gasteiger partial charge in [0.25, 0.3) is 17.7 Å². The predicted octanol–water partition coefficient (Wildman–Crippen LogP) is 0.959. The second-order valence-corrected chi connectivity index (χ2v) is 7.73. The number of imide groups is 1. The lowest BCUT2D eigenvalue weighted by Crippen LogP contribution is -2.49. The smallest absolute Gasteiger partial charge is 0.261 e. The first-order chi connectivity index (χ1) is 14.0. The summed E-state index contributed by atoms with van der Waals surface area (Å²) in [5, 5.41) is 2.97. The van der Waals surface area contributed by atoms with E-state index >= 15 is 0 Å². The Bertz CT molecular complexity index is 790. The zero-order chi connectivity index (χ0) is 20.4. The van der Waals surface area contributed by atoms with Crippen LogP contribution in [0.3, 0.4) is 0 Å². The third-order valence-corrected chi connectivity index (χ3v) is 5.82. The minimum absolute atomic E-state index is 0.00164. The lowest BCUT2D eigenvalue weighted by Gasteiger charge is -2.33. The summed E-state index contributed by atoms with van der Waals surface area (Å²) in [6, 6.07) is 6.69. The summed E-state index contributed by atoms with van der Waals surface area (Å²) in [6.45, 7) is 1.91. The number of carbonyl (C=O) groups excluding carboxylic acids is 4. The summed E-state index contributed by atoms with van der Waals surface area (Å²) in [5.74, 6) is -0.831. The number of rotatable bonds is 5. The molecule has 4 rings (SSSR count). The fourth-order valence-corrected chi connectivity index (χ4v) is 4.18. The standard InChI is InChI=1S/C21H25N3O5/c25-18(9-12-24-19(26)15-4-1-2-5-16(15)20(24)27)22-14-7-10-23(11-8-14)21(28)17-6-3-13-29-17/h1-2,4-5,14,17H,3,6-13H2,(H,22,25). The quantitative estimate of drug-likeness (QED) is 0.744. The summed E-state index contributed by atoms with van der Waals surface area (Å²) in [5.41, 5.74) is 0.780. The van der Waals surface area contributed by atoms with Crippen molar-refractivity contribution in [3.63, 3.8) is 0 Å². The van der Waals surface area contributed by atoms with E-state index < -0.39 is 0 Å². The number of ether oxygens (including phenoxy) is 1. The van der Waals surface area contributed by atoms with Crippen molar-refractivity contribution in [2.24, 2.45) is 0 Å². The van der Waals surface area contributed by atoms with E-state index in [0.29, 0.717) is 43.7 Å². The van der Waals surface area contributed by atoms with Gasteiger partial charge in [0.1, 0.15) is 6.10 Å². The van der Waals surface area contributed by atoms with Gasteiger partial charge in [0.2, 0.25) is 5.91 Å². The maximum atomic E-state index is 12.4. The number of fused-ring (bicyclic) bond motifs is 1. The molecule has 0 saturated carbocycles. The first-order valence-corrected chi connectivity index (χ1v) is 10.2. The largest absolute Gasteiger partial charge is 0.368 e. The normalized spacial score (nSPS) is 22.1. The number of benzene rings is 1. The summed E-state index contributed by atoms with van der Waals surface area (Å²) < 4.78 is 5.46. The van der Waals surface area contributed by atoms with Crippen LogP contribution in [0.2, 0.25) is 0 Å². The van der Waals surface area contributed by atoms with Crippen molar-refractivity contribution in [1.82, 2.24) is 15.1 Å². The Hall–Kier alpha value is -2.74. The summed E-state index contributed by atoms with van der Waals surface area (Å²) in [4.78, 5) is 52.3. The van der Waals surface area contributed by atoms with Gasteiger partial charge in [-0.2, -0.15) is 0 Å². The number of likely N-dealkylation sites (tertiary alicyclic amines) is 1. The van der Waals surface area contributed by atoms with Gasteiger partial charge < -0.3 is 15.0 Å². The minimum atomic E-state index is -0.348. The molecule has 0 aliphatic carbocycles. The lowest BCUT2D eigenvalue weighted by molar-refractivity contribution is -0.142. The van der Waals surface area contributed by atoms with Gasteiger partial charge in [-0.1, -0.05) is 12.1 Å². The van der Waals surface area contributed by atoms with Gasteiger partial charge in [-0.15, -0.1) is 0 Å². The van der Waals surface area contributed by atoms with Crippen LogP contribution >= 0.6 is 0 Å². The molecule has 2 saturated heterocycles. The second-order valence-electron chi connectivity index (χ2n) is 7.73. The van der Waals surface area contributed by atoms with Crippen LogP contribution in [0.5, 0.6) is 0 Å². The van der Waals surface area contributed by atoms with Crippen molar-refractivity contribution < 1.29 is 23.9 Å². The van der Waals surface area contributed by atoms with Gasteiger partial charge in [0, 0.05) is 38.7 Å². The molecule has 0 bridgehead atoms. The van der Waals surface area contributed by atoms with Crippen molar-refractivity contribution in [3.05, 3.63) is 35.4 Å². The molecule has 154 valence electrons. The van der Waals surface area contributed by atoms with Gasteiger partial charge in [-0.05, 0) is 37.8 Å². The average molecular weight is 399 g/mol. The van der Waals surface area contributed by atoms with Crippen LogP contribution in [-0.4, -0.2) is 71.8 Å². The van der Waals surface area contributed by atoms with Crippen molar-refractivity contribution in [1.29, 1.82) is 0 Å². The van der Waals surface area contributed by atoms with E-state index in [1.165, 1.54) is 0 Å². The van der Waals surface area contributed by atoms with Gasteiger partial charge >= 0.3 is 0 Å². The Morgan fingerprint density at radius 1 is 1.03 bits per heavy atom. The third kappa shape index (κ3) is 4.03. The molecule has 4 amide bonds. The summed E-state index contributed by atoms with van der Waals surface area (Å²) in [7, 11) is 0. The molecule has 1 atom stereocenters. The molecule has 1 aromatic rings. The molecule has 3 aliphatic rings. The molecule has 29 heavy (non-hydrogen) atoms. The van der Waals surface area contributed by atoms with Gasteiger partial charge in [0.15, 0.2) is 0 Å². The highest BCUT2D eigenvalue weighted by Crippen LogP contribution is 2.22. The summed E-state index contributed by atoms with van der Waals surface area (Å²) >= 11 is 0. The number of nitrogens with one attached hydrogen (secondary N) is 1. The molecule has 0 radical (unpaired) electrons. The predicted molar refractivity (Wildman–Crippen MR) is 103 cm³/mol. The van der Waals surface area contributed by atoms with Crippen LogP contribution in [0, 0.1) is 0 Å². The molecule has 0 spiro atoms. The Morgan fingerprint density at radius 3 is 2.28 bits per heavy atom. The molecule has 1 aromatic carbocycles. The van der Waals surface area contributed by atoms with Crippen molar-refractivity contribution in [2.45, 2.75) is 44.2 Å². The fourth-order valence-electron chi connectivity index (χ4n) is 4.18. The van der Waals surface area contributed by atoms with E-state index in [0.717, 1.165) is 17.7 Å². The van der Waals surface area contributed by atoms with Crippen LogP contribution in [0.25, 0.3) is 0 Å². The summed E-state index contributed by atoms with van der Waals surface area (Å²) in [6.07, 6.45) is 2.86. The zero-order valence-electron chi connectivity index (χ0n) is 16.3. The first kappa shape index (κ1) is 19.6. The first-order valence-electron chi connectivity index (χ1n) is 10.2. The number of amides is 4. The Balaban J connectivity index is 1.22. The number of hydrogen-bond acceptors (Lipinski definition) is 5. The molecular weight excluding hydrogens is 374 g/mol. The van der Waals surface area contributed by atoms with Gasteiger partial charge in [0.05, 0.1) is 11.1 Å². The van der Waals surface area contributed by atoms with Crippen LogP contribution < -0.4 is 5.32 Å². The van der Waals surface area contributed by atoms with E-state index in [9.17, 15) is 19.2 Å². The van der Waals surface area contributed by atoms with Crippen molar-refractivity contribution >= 4 is 23.6 Å². The molecule has 0 aromatic heterocycles. The number of carbonyl (C=O) groups is 4. The molecule has 2 fully saturated rings. The topological polar surface area (TPSA) is 96.0 Å². The maximum Gasteiger partial charge on any atom is 0.261 e. The molecular formula is C21H25N3O5. The van der Waals surface area contributed by atoms with Crippen LogP contribution in [0.15, 0.2) is 24.3 Å². The highest BCUT2D eigenvalue weighted by Gasteiger charge is 2.35. The third-order valence-electron chi connectivity index (χ3n) is 5.82. The van der Waals surface area contributed by atoms with Crippen LogP contribution in [0.1, 0.15) is 52.8 Å². The van der Waals surface area contributed by atoms with Gasteiger partial charge in [-0.3, -0.25) is 24.1 Å². The molecule has 3 aliphatic heterocycles. The highest BCUT2D eigenvalue weighted by atomic mass is 16.5. The van der Waals surface area contributed by atoms with E-state index in [2.05, 4.69) is 5.32 Å². The second kappa shape index (κ2) is 8.32. The Kier molecular flexibility index (Phi) is 5.62. The average Bonchev–Trinajstić information content (AvgIpc) is 3.35. The molecule has 8 nitrogen and oxygen atoms in total. The van der Waals surface area contributed by atoms with Crippen molar-refractivity contribution in [2.75, 3.05) is 26.2 Å². The van der Waals surface area contributed by atoms with Crippen LogP contribution in [0.4, 0.5) is 0 Å². The molecule has 3 heterocycles. The van der Waals surface area contributed by atoms with Crippen molar-refractivity contribution in [3.8, 4) is 0 Å². The van der Waals surface area contributed by atoms with Crippen LogP contribution in [-0.2, 0) is 14.3 Å². The maximum absolute atomic E-state index is 12.4. The fraction of sp³-hybridized carbons (Fsp3) is 0.524. The lowest BCUT2D eigenvalue weighted by atomic mass is 10.0. The SMILES string of the molecule is O=C(CCN1C(=O)c2ccccc2C1=O)NC1CCN(C(=O)C2CCCO2)CC1. The molecule has 8 heteroatoms. The molecule has 1 unspecified atom stereocenters. The Labute approximate surface area is 169 Å². The zero-order valence-corrected chi connectivity index (χ0v) is 16.3. The Morgan fingerprint density at radius 2 is 1.69 bits per heavy atom. The number of piperidine rings is 1. The molecule has 1 N–H and O–H groups in total. The monoisotopic (exact) mass is 399 g/mol. The van der Waals surface area contributed by atoms with Gasteiger partial charge in [-0.25, -0.2) is 0 Å². The highest BCUT2D eigenvalue weighted by molar-refractivity contribution is 6.21. The minimum Gasteiger partial charge on any atom is -0.368 e. The number of nitrogens with zero attached hydrogens (tertiary/aromatic N) is 2. The number of hydrogen-bond donors (Lipinski definition) is 1. The van der Waals surface area contributed by atoms with E-state index in [4.69, 9.17) is 4.74 Å². The van der Waals surface area contributed by atoms with E-state index in [-0.39, 0.29) is 48.7 Å². The van der Waals surface area contributed by atoms with E-state index in [1.807, 2.05) is 4.90 Å².